The number of hydrazone groups is 2. The lowest BCUT2D eigenvalue weighted by Crippen LogP contribution is -2.15. The van der Waals surface area contributed by atoms with Gasteiger partial charge in [0.15, 0.2) is 34.6 Å². The molecule has 0 saturated heterocycles. The van der Waals surface area contributed by atoms with E-state index < -0.39 is 0 Å². The number of fused-ring (bicyclic) bond motifs is 2. The molecule has 0 radical (unpaired) electrons. The van der Waals surface area contributed by atoms with Crippen molar-refractivity contribution in [3.8, 4) is 28.7 Å². The second-order valence-corrected chi connectivity index (χ2v) is 11.1. The summed E-state index contributed by atoms with van der Waals surface area (Å²) >= 11 is 0. The number of ether oxygens (including phenoxy) is 5. The van der Waals surface area contributed by atoms with Gasteiger partial charge in [0.05, 0.1) is 52.7 Å². The summed E-state index contributed by atoms with van der Waals surface area (Å²) in [6.07, 6.45) is 5.42. The number of hydrogen-bond donors (Lipinski definition) is 3. The van der Waals surface area contributed by atoms with Crippen LogP contribution >= 0.6 is 0 Å². The highest BCUT2D eigenvalue weighted by molar-refractivity contribution is 6.04. The number of para-hydroxylation sites is 2. The second kappa shape index (κ2) is 14.3. The van der Waals surface area contributed by atoms with Crippen LogP contribution in [-0.4, -0.2) is 56.9 Å². The third-order valence-electron chi connectivity index (χ3n) is 8.25. The highest BCUT2D eigenvalue weighted by Crippen LogP contribution is 2.36. The zero-order valence-corrected chi connectivity index (χ0v) is 27.3. The molecular formula is C35H39N7O5. The molecule has 6 rings (SSSR count). The normalized spacial score (nSPS) is 15.3. The molecule has 0 spiro atoms. The molecule has 47 heavy (non-hydrogen) atoms. The lowest BCUT2D eigenvalue weighted by atomic mass is 9.89. The topological polar surface area (TPSA) is 133 Å². The molecule has 12 heteroatoms. The van der Waals surface area contributed by atoms with Crippen molar-refractivity contribution in [2.24, 2.45) is 10.2 Å². The average molecular weight is 638 g/mol. The monoisotopic (exact) mass is 637 g/mol. The van der Waals surface area contributed by atoms with Gasteiger partial charge in [0.2, 0.25) is 5.95 Å². The Kier molecular flexibility index (Phi) is 9.56. The molecule has 0 fully saturated rings. The SMILES string of the molecule is COc1ccccc1Nc1nc(NN=C2CCCc3cc(OC)c(OC)cc32)cc(NN=C2CCCc3cc(OC)c(OC)cc32)n1. The molecule has 2 aliphatic carbocycles. The number of benzene rings is 3. The first-order chi connectivity index (χ1) is 23.0. The fraction of sp³-hybridized carbons (Fsp3) is 0.314. The molecule has 244 valence electrons. The Balaban J connectivity index is 1.33. The van der Waals surface area contributed by atoms with Gasteiger partial charge >= 0.3 is 0 Å². The molecule has 4 aromatic rings. The maximum atomic E-state index is 5.57. The third kappa shape index (κ3) is 6.86. The van der Waals surface area contributed by atoms with Gasteiger partial charge in [-0.05, 0) is 86.1 Å². The minimum Gasteiger partial charge on any atom is -0.495 e. The minimum atomic E-state index is 0.341. The summed E-state index contributed by atoms with van der Waals surface area (Å²) in [5, 5.41) is 12.9. The van der Waals surface area contributed by atoms with Crippen LogP contribution in [0, 0.1) is 0 Å². The molecular weight excluding hydrogens is 598 g/mol. The zero-order chi connectivity index (χ0) is 32.8. The van der Waals surface area contributed by atoms with Crippen LogP contribution in [0.4, 0.5) is 23.3 Å². The molecule has 1 aromatic heterocycles. The van der Waals surface area contributed by atoms with E-state index in [1.165, 1.54) is 0 Å². The molecule has 0 atom stereocenters. The van der Waals surface area contributed by atoms with Gasteiger partial charge in [-0.2, -0.15) is 20.2 Å². The van der Waals surface area contributed by atoms with Gasteiger partial charge in [0.1, 0.15) is 5.75 Å². The molecule has 1 heterocycles. The van der Waals surface area contributed by atoms with Crippen molar-refractivity contribution in [1.29, 1.82) is 0 Å². The van der Waals surface area contributed by atoms with E-state index in [-0.39, 0.29) is 0 Å². The maximum Gasteiger partial charge on any atom is 0.231 e. The summed E-state index contributed by atoms with van der Waals surface area (Å²) < 4.78 is 27.7. The number of anilines is 4. The zero-order valence-electron chi connectivity index (χ0n) is 27.3. The number of aromatic nitrogens is 2. The highest BCUT2D eigenvalue weighted by Gasteiger charge is 2.21. The van der Waals surface area contributed by atoms with Crippen LogP contribution in [0.25, 0.3) is 0 Å². The second-order valence-electron chi connectivity index (χ2n) is 11.1. The van der Waals surface area contributed by atoms with Crippen LogP contribution < -0.4 is 39.9 Å². The Morgan fingerprint density at radius 1 is 0.553 bits per heavy atom. The van der Waals surface area contributed by atoms with Crippen LogP contribution in [0.2, 0.25) is 0 Å². The Hall–Kier alpha value is -5.52. The van der Waals surface area contributed by atoms with Crippen molar-refractivity contribution in [2.75, 3.05) is 51.7 Å². The molecule has 3 aromatic carbocycles. The Labute approximate surface area is 274 Å². The van der Waals surface area contributed by atoms with Crippen LogP contribution in [0.15, 0.2) is 64.8 Å². The quantitative estimate of drug-likeness (QED) is 0.155. The van der Waals surface area contributed by atoms with Crippen LogP contribution in [0.1, 0.15) is 47.9 Å². The summed E-state index contributed by atoms with van der Waals surface area (Å²) in [5.41, 5.74) is 13.3. The van der Waals surface area contributed by atoms with Crippen molar-refractivity contribution in [3.05, 3.63) is 76.9 Å². The van der Waals surface area contributed by atoms with Gasteiger partial charge in [-0.1, -0.05) is 12.1 Å². The Morgan fingerprint density at radius 2 is 1.02 bits per heavy atom. The van der Waals surface area contributed by atoms with Crippen LogP contribution in [0.3, 0.4) is 0 Å². The van der Waals surface area contributed by atoms with Crippen molar-refractivity contribution in [2.45, 2.75) is 38.5 Å². The van der Waals surface area contributed by atoms with Crippen LogP contribution in [-0.2, 0) is 12.8 Å². The van der Waals surface area contributed by atoms with Crippen molar-refractivity contribution in [3.63, 3.8) is 0 Å². The predicted octanol–water partition coefficient (Wildman–Crippen LogP) is 6.57. The molecule has 0 bridgehead atoms. The minimum absolute atomic E-state index is 0.341. The van der Waals surface area contributed by atoms with Gasteiger partial charge in [-0.25, -0.2) is 0 Å². The Morgan fingerprint density at radius 3 is 1.51 bits per heavy atom. The predicted molar refractivity (Wildman–Crippen MR) is 184 cm³/mol. The van der Waals surface area contributed by atoms with Gasteiger partial charge in [0.25, 0.3) is 0 Å². The first-order valence-electron chi connectivity index (χ1n) is 15.5. The molecule has 0 unspecified atom stereocenters. The van der Waals surface area contributed by atoms with Gasteiger partial charge in [-0.3, -0.25) is 10.9 Å². The first-order valence-corrected chi connectivity index (χ1v) is 15.5. The van der Waals surface area contributed by atoms with Gasteiger partial charge in [-0.15, -0.1) is 0 Å². The van der Waals surface area contributed by atoms with E-state index in [0.717, 1.165) is 77.9 Å². The molecule has 2 aliphatic rings. The number of nitrogens with zero attached hydrogens (tertiary/aromatic N) is 4. The molecule has 0 aliphatic heterocycles. The largest absolute Gasteiger partial charge is 0.495 e. The van der Waals surface area contributed by atoms with E-state index in [9.17, 15) is 0 Å². The van der Waals surface area contributed by atoms with Crippen molar-refractivity contribution in [1.82, 2.24) is 9.97 Å². The van der Waals surface area contributed by atoms with E-state index in [2.05, 4.69) is 16.2 Å². The number of methoxy groups -OCH3 is 5. The highest BCUT2D eigenvalue weighted by atomic mass is 16.5. The standard InChI is InChI=1S/C35H39N7O5/c1-43-28-15-7-6-12-27(28)36-35-37-33(41-39-25-13-8-10-21-16-29(44-2)31(46-4)18-23(21)25)20-34(38-35)42-40-26-14-9-11-22-17-30(45-3)32(47-5)19-24(22)26/h6-7,12,15-20H,8-11,13-14H2,1-5H3,(H3,36,37,38,41,42). The number of nitrogens with one attached hydrogen (secondary N) is 3. The van der Waals surface area contributed by atoms with E-state index in [0.29, 0.717) is 46.3 Å². The van der Waals surface area contributed by atoms with Crippen molar-refractivity contribution < 1.29 is 23.7 Å². The lowest BCUT2D eigenvalue weighted by molar-refractivity contribution is 0.354. The van der Waals surface area contributed by atoms with Crippen LogP contribution in [0.5, 0.6) is 28.7 Å². The van der Waals surface area contributed by atoms with E-state index in [1.807, 2.05) is 48.5 Å². The smallest absolute Gasteiger partial charge is 0.231 e. The summed E-state index contributed by atoms with van der Waals surface area (Å²) in [4.78, 5) is 9.44. The average Bonchev–Trinajstić information content (AvgIpc) is 3.11. The fourth-order valence-electron chi connectivity index (χ4n) is 5.92. The molecule has 12 nitrogen and oxygen atoms in total. The van der Waals surface area contributed by atoms with Crippen molar-refractivity contribution >= 4 is 34.7 Å². The van der Waals surface area contributed by atoms with E-state index in [1.54, 1.807) is 41.6 Å². The summed E-state index contributed by atoms with van der Waals surface area (Å²) in [5.74, 6) is 4.71. The first kappa shape index (κ1) is 31.5. The molecule has 0 saturated carbocycles. The maximum absolute atomic E-state index is 5.57. The molecule has 0 amide bonds. The number of rotatable bonds is 11. The molecule has 3 N–H and O–H groups in total. The summed E-state index contributed by atoms with van der Waals surface area (Å²) in [6.45, 7) is 0. The summed E-state index contributed by atoms with van der Waals surface area (Å²) in [6, 6.07) is 17.4. The van der Waals surface area contributed by atoms with E-state index >= 15 is 0 Å². The summed E-state index contributed by atoms with van der Waals surface area (Å²) in [7, 11) is 8.18. The van der Waals surface area contributed by atoms with Gasteiger partial charge < -0.3 is 29.0 Å². The number of aryl methyl sites for hydroxylation is 2. The lowest BCUT2D eigenvalue weighted by Gasteiger charge is -2.21. The third-order valence-corrected chi connectivity index (χ3v) is 8.25. The van der Waals surface area contributed by atoms with Gasteiger partial charge in [0, 0.05) is 17.2 Å². The van der Waals surface area contributed by atoms with E-state index in [4.69, 9.17) is 43.9 Å². The number of hydrogen-bond acceptors (Lipinski definition) is 12. The fourth-order valence-corrected chi connectivity index (χ4v) is 5.92. The Bertz CT molecular complexity index is 1720.